The van der Waals surface area contributed by atoms with Crippen LogP contribution in [0.1, 0.15) is 38.2 Å². The van der Waals surface area contributed by atoms with Crippen LogP contribution in [0.25, 0.3) is 16.8 Å². The van der Waals surface area contributed by atoms with Crippen LogP contribution in [-0.2, 0) is 4.79 Å². The minimum atomic E-state index is -0.277. The van der Waals surface area contributed by atoms with Crippen molar-refractivity contribution in [2.45, 2.75) is 38.6 Å². The monoisotopic (exact) mass is 348 g/mol. The highest BCUT2D eigenvalue weighted by atomic mass is 16.5. The number of carbonyl (C=O) groups excluding carboxylic acids is 1. The largest absolute Gasteiger partial charge is 0.497 e. The number of rotatable bonds is 4. The van der Waals surface area contributed by atoms with Crippen molar-refractivity contribution in [2.24, 2.45) is 5.92 Å². The van der Waals surface area contributed by atoms with Crippen LogP contribution in [0.3, 0.4) is 0 Å². The molecule has 1 saturated carbocycles. The van der Waals surface area contributed by atoms with Crippen LogP contribution >= 0.6 is 0 Å². The van der Waals surface area contributed by atoms with Crippen molar-refractivity contribution in [2.75, 3.05) is 7.11 Å². The zero-order chi connectivity index (χ0) is 18.5. The minimum absolute atomic E-state index is 0.149. The van der Waals surface area contributed by atoms with Gasteiger partial charge in [0.2, 0.25) is 0 Å². The maximum Gasteiger partial charge on any atom is 0.262 e. The third kappa shape index (κ3) is 4.05. The molecule has 1 fully saturated rings. The van der Waals surface area contributed by atoms with Crippen LogP contribution < -0.4 is 10.1 Å². The Morgan fingerprint density at radius 1 is 1.19 bits per heavy atom. The van der Waals surface area contributed by atoms with Crippen molar-refractivity contribution in [1.82, 2.24) is 5.32 Å². The molecule has 0 aromatic heterocycles. The zero-order valence-electron chi connectivity index (χ0n) is 15.3. The lowest BCUT2D eigenvalue weighted by atomic mass is 9.86. The van der Waals surface area contributed by atoms with Crippen LogP contribution in [0.15, 0.2) is 42.0 Å². The Labute approximate surface area is 154 Å². The molecule has 2 atom stereocenters. The number of benzene rings is 2. The molecule has 0 saturated heterocycles. The smallest absolute Gasteiger partial charge is 0.262 e. The number of carbonyl (C=O) groups is 1. The van der Waals surface area contributed by atoms with E-state index < -0.39 is 0 Å². The first-order chi connectivity index (χ1) is 12.6. The van der Waals surface area contributed by atoms with Crippen LogP contribution in [0.4, 0.5) is 0 Å². The van der Waals surface area contributed by atoms with E-state index in [2.05, 4.69) is 18.3 Å². The number of nitriles is 1. The fourth-order valence-corrected chi connectivity index (χ4v) is 3.55. The van der Waals surface area contributed by atoms with Crippen molar-refractivity contribution in [3.63, 3.8) is 0 Å². The third-order valence-corrected chi connectivity index (χ3v) is 5.18. The van der Waals surface area contributed by atoms with Crippen molar-refractivity contribution < 1.29 is 9.53 Å². The fourth-order valence-electron chi connectivity index (χ4n) is 3.55. The lowest BCUT2D eigenvalue weighted by Crippen LogP contribution is -2.41. The summed E-state index contributed by atoms with van der Waals surface area (Å²) in [6, 6.07) is 13.9. The first kappa shape index (κ1) is 18.0. The summed E-state index contributed by atoms with van der Waals surface area (Å²) >= 11 is 0. The van der Waals surface area contributed by atoms with Gasteiger partial charge in [-0.15, -0.1) is 0 Å². The summed E-state index contributed by atoms with van der Waals surface area (Å²) in [5.41, 5.74) is 0.988. The van der Waals surface area contributed by atoms with Gasteiger partial charge in [0.1, 0.15) is 17.4 Å². The summed E-state index contributed by atoms with van der Waals surface area (Å²) in [6.45, 7) is 2.16. The molecule has 2 aromatic rings. The predicted octanol–water partition coefficient (Wildman–Crippen LogP) is 4.45. The Bertz CT molecular complexity index is 879. The SMILES string of the molecule is COc1ccc2cc(/C=C(\C#N)C(=O)N[C@@H]3CCCC[C@@H]3C)ccc2c1. The van der Waals surface area contributed by atoms with Crippen LogP contribution in [-0.4, -0.2) is 19.1 Å². The van der Waals surface area contributed by atoms with Crippen LogP contribution in [0.5, 0.6) is 5.75 Å². The molecular formula is C22H24N2O2. The zero-order valence-corrected chi connectivity index (χ0v) is 15.3. The summed E-state index contributed by atoms with van der Waals surface area (Å²) in [5, 5.41) is 14.6. The van der Waals surface area contributed by atoms with Crippen molar-refractivity contribution in [3.05, 3.63) is 47.5 Å². The summed E-state index contributed by atoms with van der Waals surface area (Å²) in [6.07, 6.45) is 6.13. The molecule has 134 valence electrons. The molecule has 1 aliphatic rings. The van der Waals surface area contributed by atoms with Gasteiger partial charge in [-0.05, 0) is 59.4 Å². The quantitative estimate of drug-likeness (QED) is 0.656. The second-order valence-electron chi connectivity index (χ2n) is 6.98. The maximum absolute atomic E-state index is 12.5. The van der Waals surface area contributed by atoms with Gasteiger partial charge in [-0.25, -0.2) is 0 Å². The maximum atomic E-state index is 12.5. The molecule has 0 spiro atoms. The van der Waals surface area contributed by atoms with E-state index in [9.17, 15) is 10.1 Å². The number of methoxy groups -OCH3 is 1. The fraction of sp³-hybridized carbons (Fsp3) is 0.364. The van der Waals surface area contributed by atoms with Gasteiger partial charge in [0.25, 0.3) is 5.91 Å². The summed E-state index contributed by atoms with van der Waals surface area (Å²) in [7, 11) is 1.64. The summed E-state index contributed by atoms with van der Waals surface area (Å²) in [4.78, 5) is 12.5. The topological polar surface area (TPSA) is 62.1 Å². The first-order valence-corrected chi connectivity index (χ1v) is 9.11. The molecule has 4 heteroatoms. The lowest BCUT2D eigenvalue weighted by molar-refractivity contribution is -0.118. The molecule has 26 heavy (non-hydrogen) atoms. The average molecular weight is 348 g/mol. The highest BCUT2D eigenvalue weighted by molar-refractivity contribution is 6.02. The molecule has 1 N–H and O–H groups in total. The van der Waals surface area contributed by atoms with Gasteiger partial charge in [0.15, 0.2) is 0 Å². The van der Waals surface area contributed by atoms with Gasteiger partial charge in [-0.2, -0.15) is 5.26 Å². The number of nitrogens with one attached hydrogen (secondary N) is 1. The number of amides is 1. The van der Waals surface area contributed by atoms with Gasteiger partial charge < -0.3 is 10.1 Å². The predicted molar refractivity (Wildman–Crippen MR) is 104 cm³/mol. The summed E-state index contributed by atoms with van der Waals surface area (Å²) < 4.78 is 5.24. The molecule has 0 heterocycles. The Kier molecular flexibility index (Phi) is 5.58. The second kappa shape index (κ2) is 8.05. The highest BCUT2D eigenvalue weighted by Gasteiger charge is 2.24. The number of hydrogen-bond donors (Lipinski definition) is 1. The number of fused-ring (bicyclic) bond motifs is 1. The molecule has 0 unspecified atom stereocenters. The Morgan fingerprint density at radius 2 is 1.92 bits per heavy atom. The van der Waals surface area contributed by atoms with E-state index >= 15 is 0 Å². The standard InChI is InChI=1S/C22H24N2O2/c1-15-5-3-4-6-21(15)24-22(25)19(14-23)12-16-7-8-18-13-20(26-2)10-9-17(18)11-16/h7-13,15,21H,3-6H2,1-2H3,(H,24,25)/b19-12+/t15-,21+/m0/s1. The normalized spacial score (nSPS) is 20.4. The molecule has 1 amide bonds. The van der Waals surface area contributed by atoms with Gasteiger partial charge in [0.05, 0.1) is 7.11 Å². The van der Waals surface area contributed by atoms with E-state index in [4.69, 9.17) is 4.74 Å². The molecular weight excluding hydrogens is 324 g/mol. The number of hydrogen-bond acceptors (Lipinski definition) is 3. The minimum Gasteiger partial charge on any atom is -0.497 e. The molecule has 1 aliphatic carbocycles. The molecule has 0 aliphatic heterocycles. The van der Waals surface area contributed by atoms with E-state index in [-0.39, 0.29) is 17.5 Å². The molecule has 3 rings (SSSR count). The molecule has 2 aromatic carbocycles. The third-order valence-electron chi connectivity index (χ3n) is 5.18. The van der Waals surface area contributed by atoms with Gasteiger partial charge in [0, 0.05) is 6.04 Å². The van der Waals surface area contributed by atoms with E-state index in [0.717, 1.165) is 41.3 Å². The van der Waals surface area contributed by atoms with E-state index in [1.54, 1.807) is 13.2 Å². The van der Waals surface area contributed by atoms with Crippen LogP contribution in [0.2, 0.25) is 0 Å². The lowest BCUT2D eigenvalue weighted by Gasteiger charge is -2.29. The Balaban J connectivity index is 1.80. The van der Waals surface area contributed by atoms with Crippen LogP contribution in [0, 0.1) is 17.2 Å². The van der Waals surface area contributed by atoms with E-state index in [1.165, 1.54) is 6.42 Å². The molecule has 0 bridgehead atoms. The second-order valence-corrected chi connectivity index (χ2v) is 6.98. The average Bonchev–Trinajstić information content (AvgIpc) is 2.67. The van der Waals surface area contributed by atoms with E-state index in [1.807, 2.05) is 36.4 Å². The Morgan fingerprint density at radius 3 is 2.65 bits per heavy atom. The summed E-state index contributed by atoms with van der Waals surface area (Å²) in [5.74, 6) is 0.990. The van der Waals surface area contributed by atoms with Crippen molar-refractivity contribution in [1.29, 1.82) is 5.26 Å². The Hall–Kier alpha value is -2.80. The number of ether oxygens (including phenoxy) is 1. The van der Waals surface area contributed by atoms with Crippen molar-refractivity contribution in [3.8, 4) is 11.8 Å². The molecule has 0 radical (unpaired) electrons. The molecule has 4 nitrogen and oxygen atoms in total. The van der Waals surface area contributed by atoms with Gasteiger partial charge >= 0.3 is 0 Å². The number of nitrogens with zero attached hydrogens (tertiary/aromatic N) is 1. The van der Waals surface area contributed by atoms with Gasteiger partial charge in [-0.3, -0.25) is 4.79 Å². The highest BCUT2D eigenvalue weighted by Crippen LogP contribution is 2.25. The van der Waals surface area contributed by atoms with E-state index in [0.29, 0.717) is 5.92 Å². The van der Waals surface area contributed by atoms with Crippen molar-refractivity contribution >= 4 is 22.8 Å². The first-order valence-electron chi connectivity index (χ1n) is 9.11. The van der Waals surface area contributed by atoms with Gasteiger partial charge in [-0.1, -0.05) is 38.0 Å².